The molecule has 3 saturated heterocycles. The summed E-state index contributed by atoms with van der Waals surface area (Å²) in [4.78, 5) is 26.8. The minimum atomic E-state index is -0.267. The van der Waals surface area contributed by atoms with E-state index in [-0.39, 0.29) is 45.5 Å². The third kappa shape index (κ3) is 2.51. The first-order chi connectivity index (χ1) is 10.1. The SMILES string of the molecule is CCCCCCCN1C(=O)C2C3OC(C(Br)C3Br)C2C1=O. The quantitative estimate of drug-likeness (QED) is 0.375. The number of unbranched alkanes of at least 4 members (excludes halogenated alkanes) is 4. The predicted molar refractivity (Wildman–Crippen MR) is 86.6 cm³/mol. The van der Waals surface area contributed by atoms with E-state index in [1.807, 2.05) is 0 Å². The second-order valence-electron chi connectivity index (χ2n) is 6.25. The lowest BCUT2D eigenvalue weighted by Crippen LogP contribution is -2.42. The van der Waals surface area contributed by atoms with Gasteiger partial charge < -0.3 is 4.74 Å². The molecule has 0 aromatic heterocycles. The van der Waals surface area contributed by atoms with Gasteiger partial charge in [-0.2, -0.15) is 0 Å². The molecule has 3 rings (SSSR count). The van der Waals surface area contributed by atoms with Gasteiger partial charge >= 0.3 is 0 Å². The number of carbonyl (C=O) groups is 2. The fourth-order valence-corrected chi connectivity index (χ4v) is 5.33. The highest BCUT2D eigenvalue weighted by Gasteiger charge is 2.67. The molecule has 2 bridgehead atoms. The molecule has 118 valence electrons. The van der Waals surface area contributed by atoms with E-state index in [9.17, 15) is 9.59 Å². The van der Waals surface area contributed by atoms with Crippen LogP contribution in [0.5, 0.6) is 0 Å². The Bertz CT molecular complexity index is 413. The van der Waals surface area contributed by atoms with Crippen molar-refractivity contribution < 1.29 is 14.3 Å². The number of hydrogen-bond donors (Lipinski definition) is 0. The summed E-state index contributed by atoms with van der Waals surface area (Å²) in [5.41, 5.74) is 0. The van der Waals surface area contributed by atoms with Gasteiger partial charge in [-0.05, 0) is 6.42 Å². The highest BCUT2D eigenvalue weighted by atomic mass is 79.9. The van der Waals surface area contributed by atoms with Crippen LogP contribution in [0.15, 0.2) is 0 Å². The van der Waals surface area contributed by atoms with E-state index in [0.717, 1.165) is 12.8 Å². The Hall–Kier alpha value is 0.0600. The molecule has 6 heteroatoms. The van der Waals surface area contributed by atoms with Crippen molar-refractivity contribution in [3.05, 3.63) is 0 Å². The molecule has 0 aromatic rings. The van der Waals surface area contributed by atoms with Crippen molar-refractivity contribution in [2.45, 2.75) is 60.9 Å². The maximum Gasteiger partial charge on any atom is 0.235 e. The van der Waals surface area contributed by atoms with E-state index in [4.69, 9.17) is 4.74 Å². The lowest BCUT2D eigenvalue weighted by Gasteiger charge is -2.24. The lowest BCUT2D eigenvalue weighted by atomic mass is 9.81. The molecule has 0 spiro atoms. The van der Waals surface area contributed by atoms with Gasteiger partial charge in [-0.15, -0.1) is 0 Å². The minimum Gasteiger partial charge on any atom is -0.371 e. The summed E-state index contributed by atoms with van der Waals surface area (Å²) in [5.74, 6) is -0.568. The summed E-state index contributed by atoms with van der Waals surface area (Å²) in [7, 11) is 0. The third-order valence-corrected chi connectivity index (χ3v) is 7.82. The number of imide groups is 1. The topological polar surface area (TPSA) is 46.6 Å². The van der Waals surface area contributed by atoms with Crippen LogP contribution in [0, 0.1) is 11.8 Å². The molecule has 6 unspecified atom stereocenters. The van der Waals surface area contributed by atoms with Crippen molar-refractivity contribution in [2.75, 3.05) is 6.54 Å². The number of carbonyl (C=O) groups excluding carboxylic acids is 2. The smallest absolute Gasteiger partial charge is 0.235 e. The molecule has 0 aliphatic carbocycles. The van der Waals surface area contributed by atoms with Crippen molar-refractivity contribution in [1.82, 2.24) is 4.90 Å². The molecule has 3 heterocycles. The van der Waals surface area contributed by atoms with Crippen molar-refractivity contribution in [3.63, 3.8) is 0 Å². The molecule has 3 aliphatic rings. The van der Waals surface area contributed by atoms with Crippen molar-refractivity contribution in [2.24, 2.45) is 11.8 Å². The van der Waals surface area contributed by atoms with E-state index < -0.39 is 0 Å². The van der Waals surface area contributed by atoms with E-state index in [1.165, 1.54) is 24.2 Å². The average molecular weight is 423 g/mol. The number of fused-ring (bicyclic) bond motifs is 5. The number of halogens is 2. The van der Waals surface area contributed by atoms with Crippen LogP contribution in [0.2, 0.25) is 0 Å². The summed E-state index contributed by atoms with van der Waals surface area (Å²) in [6.45, 7) is 2.76. The molecule has 2 amide bonds. The summed E-state index contributed by atoms with van der Waals surface area (Å²) in [6.07, 6.45) is 5.29. The van der Waals surface area contributed by atoms with Crippen LogP contribution < -0.4 is 0 Å². The predicted octanol–water partition coefficient (Wildman–Crippen LogP) is 2.87. The summed E-state index contributed by atoms with van der Waals surface area (Å²) in [5, 5.41) is 0. The molecule has 21 heavy (non-hydrogen) atoms. The zero-order valence-corrected chi connectivity index (χ0v) is 15.3. The van der Waals surface area contributed by atoms with Crippen LogP contribution in [-0.4, -0.2) is 45.1 Å². The first kappa shape index (κ1) is 15.9. The Kier molecular flexibility index (Phi) is 4.77. The summed E-state index contributed by atoms with van der Waals surface area (Å²) < 4.78 is 5.85. The van der Waals surface area contributed by atoms with Crippen LogP contribution in [-0.2, 0) is 14.3 Å². The molecular weight excluding hydrogens is 402 g/mol. The van der Waals surface area contributed by atoms with E-state index in [1.54, 1.807) is 0 Å². The molecule has 0 N–H and O–H groups in total. The normalized spacial score (nSPS) is 41.2. The van der Waals surface area contributed by atoms with Gasteiger partial charge in [0.2, 0.25) is 11.8 Å². The van der Waals surface area contributed by atoms with Crippen LogP contribution in [0.25, 0.3) is 0 Å². The second-order valence-corrected chi connectivity index (χ2v) is 8.36. The molecule has 6 atom stereocenters. The van der Waals surface area contributed by atoms with Gasteiger partial charge in [0.1, 0.15) is 0 Å². The van der Waals surface area contributed by atoms with Crippen LogP contribution >= 0.6 is 31.9 Å². The Morgan fingerprint density at radius 3 is 2.00 bits per heavy atom. The molecule has 0 aromatic carbocycles. The number of hydrogen-bond acceptors (Lipinski definition) is 3. The van der Waals surface area contributed by atoms with E-state index in [0.29, 0.717) is 6.54 Å². The van der Waals surface area contributed by atoms with E-state index in [2.05, 4.69) is 38.8 Å². The van der Waals surface area contributed by atoms with Crippen LogP contribution in [0.1, 0.15) is 39.0 Å². The number of likely N-dealkylation sites (tertiary alicyclic amines) is 1. The zero-order chi connectivity index (χ0) is 15.1. The number of ether oxygens (including phenoxy) is 1. The first-order valence-electron chi connectivity index (χ1n) is 7.86. The maximum atomic E-state index is 12.5. The van der Waals surface area contributed by atoms with Crippen molar-refractivity contribution in [1.29, 1.82) is 0 Å². The molecule has 0 saturated carbocycles. The first-order valence-corrected chi connectivity index (χ1v) is 9.70. The molecule has 3 aliphatic heterocycles. The van der Waals surface area contributed by atoms with Gasteiger partial charge in [0.25, 0.3) is 0 Å². The van der Waals surface area contributed by atoms with E-state index >= 15 is 0 Å². The fourth-order valence-electron chi connectivity index (χ4n) is 3.82. The van der Waals surface area contributed by atoms with Gasteiger partial charge in [0, 0.05) is 6.54 Å². The number of amides is 2. The van der Waals surface area contributed by atoms with Gasteiger partial charge in [0.15, 0.2) is 0 Å². The second kappa shape index (κ2) is 6.28. The number of rotatable bonds is 6. The Morgan fingerprint density at radius 1 is 0.952 bits per heavy atom. The lowest BCUT2D eigenvalue weighted by molar-refractivity contribution is -0.142. The summed E-state index contributed by atoms with van der Waals surface area (Å²) >= 11 is 7.18. The van der Waals surface area contributed by atoms with Gasteiger partial charge in [-0.3, -0.25) is 14.5 Å². The van der Waals surface area contributed by atoms with Crippen molar-refractivity contribution in [3.8, 4) is 0 Å². The molecular formula is C15H21Br2NO3. The fraction of sp³-hybridized carbons (Fsp3) is 0.867. The maximum absolute atomic E-state index is 12.5. The summed E-state index contributed by atoms with van der Waals surface area (Å²) in [6, 6.07) is 0. The highest BCUT2D eigenvalue weighted by molar-refractivity contribution is 9.12. The largest absolute Gasteiger partial charge is 0.371 e. The third-order valence-electron chi connectivity index (χ3n) is 4.93. The Balaban J connectivity index is 1.62. The number of alkyl halides is 2. The monoisotopic (exact) mass is 421 g/mol. The Morgan fingerprint density at radius 2 is 1.48 bits per heavy atom. The van der Waals surface area contributed by atoms with Crippen LogP contribution in [0.4, 0.5) is 0 Å². The molecule has 3 fully saturated rings. The van der Waals surface area contributed by atoms with Gasteiger partial charge in [-0.1, -0.05) is 64.5 Å². The molecule has 4 nitrogen and oxygen atoms in total. The van der Waals surface area contributed by atoms with Gasteiger partial charge in [-0.25, -0.2) is 0 Å². The molecule has 0 radical (unpaired) electrons. The average Bonchev–Trinajstić information content (AvgIpc) is 3.06. The minimum absolute atomic E-state index is 0.0168. The Labute approximate surface area is 142 Å². The van der Waals surface area contributed by atoms with Crippen LogP contribution in [0.3, 0.4) is 0 Å². The van der Waals surface area contributed by atoms with Gasteiger partial charge in [0.05, 0.1) is 33.7 Å². The zero-order valence-electron chi connectivity index (χ0n) is 12.1. The highest BCUT2D eigenvalue weighted by Crippen LogP contribution is 2.52. The van der Waals surface area contributed by atoms with Crippen molar-refractivity contribution >= 4 is 43.7 Å². The number of nitrogens with zero attached hydrogens (tertiary/aromatic N) is 1. The standard InChI is InChI=1S/C15H21Br2NO3/c1-2-3-4-5-6-7-18-14(19)8-9(15(18)20)13-11(17)10(16)12(8)21-13/h8-13H,2-7H2,1H3.